The van der Waals surface area contributed by atoms with Crippen molar-refractivity contribution < 1.29 is 4.79 Å². The number of likely N-dealkylation sites (tertiary alicyclic amines) is 1. The molecule has 1 N–H and O–H groups in total. The van der Waals surface area contributed by atoms with E-state index in [0.29, 0.717) is 0 Å². The van der Waals surface area contributed by atoms with Crippen LogP contribution in [0.2, 0.25) is 0 Å². The fourth-order valence-electron chi connectivity index (χ4n) is 3.79. The van der Waals surface area contributed by atoms with Crippen molar-refractivity contribution in [3.8, 4) is 0 Å². The summed E-state index contributed by atoms with van der Waals surface area (Å²) in [6.45, 7) is 2.99. The molecule has 0 aliphatic carbocycles. The second kappa shape index (κ2) is 7.32. The predicted molar refractivity (Wildman–Crippen MR) is 104 cm³/mol. The summed E-state index contributed by atoms with van der Waals surface area (Å²) < 4.78 is 0. The van der Waals surface area contributed by atoms with Crippen molar-refractivity contribution in [1.29, 1.82) is 0 Å². The van der Waals surface area contributed by atoms with Crippen LogP contribution in [-0.4, -0.2) is 27.3 Å². The molecule has 4 nitrogen and oxygen atoms in total. The van der Waals surface area contributed by atoms with Crippen LogP contribution in [0.3, 0.4) is 0 Å². The summed E-state index contributed by atoms with van der Waals surface area (Å²) >= 11 is 0. The Hall–Kier alpha value is -2.62. The first kappa shape index (κ1) is 16.8. The Morgan fingerprint density at radius 1 is 1.19 bits per heavy atom. The number of aryl methyl sites for hydroxylation is 1. The highest BCUT2D eigenvalue weighted by molar-refractivity contribution is 5.94. The molecule has 2 heterocycles. The minimum Gasteiger partial charge on any atom is -0.340 e. The highest BCUT2D eigenvalue weighted by Gasteiger charge is 2.32. The van der Waals surface area contributed by atoms with E-state index in [9.17, 15) is 4.79 Å². The molecule has 134 valence electrons. The average molecular weight is 347 g/mol. The van der Waals surface area contributed by atoms with E-state index >= 15 is 0 Å². The number of unbranched alkanes of at least 4 members (excludes halogenated alkanes) is 1. The van der Waals surface area contributed by atoms with E-state index in [1.165, 1.54) is 18.4 Å². The lowest BCUT2D eigenvalue weighted by molar-refractivity contribution is 0.0730. The molecule has 1 amide bonds. The number of H-pyrrole nitrogens is 1. The fourth-order valence-corrected chi connectivity index (χ4v) is 3.79. The maximum atomic E-state index is 13.1. The highest BCUT2D eigenvalue weighted by Crippen LogP contribution is 2.32. The molecule has 1 aromatic heterocycles. The number of nitrogens with one attached hydrogen (secondary N) is 1. The van der Waals surface area contributed by atoms with Gasteiger partial charge in [-0.1, -0.05) is 37.6 Å². The largest absolute Gasteiger partial charge is 0.340 e. The van der Waals surface area contributed by atoms with E-state index in [-0.39, 0.29) is 11.9 Å². The van der Waals surface area contributed by atoms with Crippen LogP contribution >= 0.6 is 0 Å². The lowest BCUT2D eigenvalue weighted by atomic mass is 10.1. The minimum absolute atomic E-state index is 0.0367. The van der Waals surface area contributed by atoms with Gasteiger partial charge in [-0.3, -0.25) is 4.79 Å². The smallest absolute Gasteiger partial charge is 0.254 e. The number of hydrogen-bond acceptors (Lipinski definition) is 2. The van der Waals surface area contributed by atoms with E-state index < -0.39 is 0 Å². The standard InChI is InChI=1S/C22H25N3O/c1-2-3-7-16-11-13-17(14-12-16)22(26)25-15-6-10-20(25)21-23-18-8-4-5-9-19(18)24-21/h4-5,8-9,11-14,20H,2-3,6-7,10,15H2,1H3,(H,23,24)/t20-/m1/s1. The van der Waals surface area contributed by atoms with Crippen LogP contribution in [0.1, 0.15) is 60.4 Å². The normalized spacial score (nSPS) is 17.1. The Morgan fingerprint density at radius 3 is 2.77 bits per heavy atom. The summed E-state index contributed by atoms with van der Waals surface area (Å²) in [4.78, 5) is 23.1. The number of carbonyl (C=O) groups excluding carboxylic acids is 1. The van der Waals surface area contributed by atoms with Crippen LogP contribution in [0.15, 0.2) is 48.5 Å². The van der Waals surface area contributed by atoms with Gasteiger partial charge in [0.05, 0.1) is 17.1 Å². The lowest BCUT2D eigenvalue weighted by Crippen LogP contribution is -2.31. The van der Waals surface area contributed by atoms with Crippen molar-refractivity contribution in [2.24, 2.45) is 0 Å². The molecule has 2 aromatic carbocycles. The van der Waals surface area contributed by atoms with Crippen molar-refractivity contribution in [3.05, 3.63) is 65.5 Å². The molecular formula is C22H25N3O. The third-order valence-corrected chi connectivity index (χ3v) is 5.26. The number of rotatable bonds is 5. The van der Waals surface area contributed by atoms with Crippen LogP contribution in [0.4, 0.5) is 0 Å². The van der Waals surface area contributed by atoms with Crippen LogP contribution in [0, 0.1) is 0 Å². The van der Waals surface area contributed by atoms with Gasteiger partial charge in [0.1, 0.15) is 5.82 Å². The molecular weight excluding hydrogens is 322 g/mol. The maximum Gasteiger partial charge on any atom is 0.254 e. The Balaban J connectivity index is 1.54. The average Bonchev–Trinajstić information content (AvgIpc) is 3.32. The quantitative estimate of drug-likeness (QED) is 0.715. The maximum absolute atomic E-state index is 13.1. The van der Waals surface area contributed by atoms with Gasteiger partial charge in [0.25, 0.3) is 5.91 Å². The molecule has 1 atom stereocenters. The zero-order valence-electron chi connectivity index (χ0n) is 15.2. The van der Waals surface area contributed by atoms with E-state index in [2.05, 4.69) is 24.0 Å². The SMILES string of the molecule is CCCCc1ccc(C(=O)N2CCC[C@@H]2c2nc3ccccc3[nH]2)cc1. The topological polar surface area (TPSA) is 49.0 Å². The van der Waals surface area contributed by atoms with E-state index in [1.807, 2.05) is 41.3 Å². The first-order chi connectivity index (χ1) is 12.8. The summed E-state index contributed by atoms with van der Waals surface area (Å²) in [6.07, 6.45) is 5.43. The Bertz CT molecular complexity index is 864. The van der Waals surface area contributed by atoms with Gasteiger partial charge in [0, 0.05) is 12.1 Å². The molecule has 3 aromatic rings. The number of hydrogen-bond donors (Lipinski definition) is 1. The van der Waals surface area contributed by atoms with Gasteiger partial charge in [0.2, 0.25) is 0 Å². The zero-order chi connectivity index (χ0) is 17.9. The number of benzene rings is 2. The number of carbonyl (C=O) groups is 1. The molecule has 0 radical (unpaired) electrons. The van der Waals surface area contributed by atoms with Gasteiger partial charge >= 0.3 is 0 Å². The van der Waals surface area contributed by atoms with Crippen molar-refractivity contribution >= 4 is 16.9 Å². The summed E-state index contributed by atoms with van der Waals surface area (Å²) in [6, 6.07) is 16.2. The van der Waals surface area contributed by atoms with Crippen molar-refractivity contribution in [2.45, 2.75) is 45.1 Å². The minimum atomic E-state index is 0.0367. The van der Waals surface area contributed by atoms with E-state index in [4.69, 9.17) is 4.98 Å². The van der Waals surface area contributed by atoms with Crippen molar-refractivity contribution in [2.75, 3.05) is 6.54 Å². The lowest BCUT2D eigenvalue weighted by Gasteiger charge is -2.23. The number of fused-ring (bicyclic) bond motifs is 1. The molecule has 1 aliphatic rings. The van der Waals surface area contributed by atoms with Gasteiger partial charge in [-0.25, -0.2) is 4.98 Å². The molecule has 1 saturated heterocycles. The van der Waals surface area contributed by atoms with Gasteiger partial charge in [-0.05, 0) is 55.5 Å². The molecule has 0 spiro atoms. The van der Waals surface area contributed by atoms with Crippen molar-refractivity contribution in [1.82, 2.24) is 14.9 Å². The monoisotopic (exact) mass is 347 g/mol. The number of imidazole rings is 1. The molecule has 4 rings (SSSR count). The molecule has 0 unspecified atom stereocenters. The third kappa shape index (κ3) is 3.24. The molecule has 4 heteroatoms. The van der Waals surface area contributed by atoms with Crippen LogP contribution in [0.5, 0.6) is 0 Å². The zero-order valence-corrected chi connectivity index (χ0v) is 15.2. The van der Waals surface area contributed by atoms with Gasteiger partial charge in [0.15, 0.2) is 0 Å². The number of aromatic amines is 1. The number of nitrogens with zero attached hydrogens (tertiary/aromatic N) is 2. The van der Waals surface area contributed by atoms with Gasteiger partial charge in [-0.2, -0.15) is 0 Å². The Morgan fingerprint density at radius 2 is 2.00 bits per heavy atom. The number of amides is 1. The molecule has 26 heavy (non-hydrogen) atoms. The highest BCUT2D eigenvalue weighted by atomic mass is 16.2. The second-order valence-corrected chi connectivity index (χ2v) is 7.10. The molecule has 1 aliphatic heterocycles. The summed E-state index contributed by atoms with van der Waals surface area (Å²) in [5.74, 6) is 1.01. The Kier molecular flexibility index (Phi) is 4.74. The van der Waals surface area contributed by atoms with E-state index in [1.54, 1.807) is 0 Å². The molecule has 1 fully saturated rings. The van der Waals surface area contributed by atoms with Crippen LogP contribution in [0.25, 0.3) is 11.0 Å². The van der Waals surface area contributed by atoms with E-state index in [0.717, 1.165) is 48.2 Å². The summed E-state index contributed by atoms with van der Waals surface area (Å²) in [5, 5.41) is 0. The summed E-state index contributed by atoms with van der Waals surface area (Å²) in [7, 11) is 0. The summed E-state index contributed by atoms with van der Waals surface area (Å²) in [5.41, 5.74) is 4.07. The molecule has 0 bridgehead atoms. The van der Waals surface area contributed by atoms with Gasteiger partial charge < -0.3 is 9.88 Å². The van der Waals surface area contributed by atoms with Gasteiger partial charge in [-0.15, -0.1) is 0 Å². The first-order valence-corrected chi connectivity index (χ1v) is 9.61. The first-order valence-electron chi connectivity index (χ1n) is 9.61. The van der Waals surface area contributed by atoms with Crippen molar-refractivity contribution in [3.63, 3.8) is 0 Å². The predicted octanol–water partition coefficient (Wildman–Crippen LogP) is 4.88. The Labute approximate surface area is 154 Å². The number of para-hydroxylation sites is 2. The number of aromatic nitrogens is 2. The second-order valence-electron chi connectivity index (χ2n) is 7.10. The fraction of sp³-hybridized carbons (Fsp3) is 0.364. The third-order valence-electron chi connectivity index (χ3n) is 5.26. The van der Waals surface area contributed by atoms with Crippen LogP contribution in [-0.2, 0) is 6.42 Å². The van der Waals surface area contributed by atoms with Crippen LogP contribution < -0.4 is 0 Å². The molecule has 0 saturated carbocycles.